The maximum absolute atomic E-state index is 5.09. The Morgan fingerprint density at radius 3 is 3.00 bits per heavy atom. The summed E-state index contributed by atoms with van der Waals surface area (Å²) in [5.74, 6) is 2.40. The van der Waals surface area contributed by atoms with Gasteiger partial charge in [0, 0.05) is 19.0 Å². The molecule has 2 atom stereocenters. The van der Waals surface area contributed by atoms with Crippen molar-refractivity contribution in [3.8, 4) is 0 Å². The molecule has 1 aliphatic carbocycles. The van der Waals surface area contributed by atoms with E-state index in [1.807, 2.05) is 6.92 Å². The number of aromatic nitrogens is 2. The van der Waals surface area contributed by atoms with E-state index in [1.165, 1.54) is 32.1 Å². The van der Waals surface area contributed by atoms with E-state index in [9.17, 15) is 0 Å². The molecule has 17 heavy (non-hydrogen) atoms. The van der Waals surface area contributed by atoms with Crippen molar-refractivity contribution in [2.75, 3.05) is 6.54 Å². The molecule has 0 saturated heterocycles. The average molecular weight is 237 g/mol. The molecule has 2 rings (SSSR count). The maximum Gasteiger partial charge on any atom is 0.227 e. The standard InChI is InChI=1S/C13H23N3O/c1-3-11-5-4-6-12(9-11)14-8-7-13-15-10(2)16-17-13/h11-12,14H,3-9H2,1-2H3. The number of nitrogens with zero attached hydrogens (tertiary/aromatic N) is 2. The Kier molecular flexibility index (Phi) is 4.54. The van der Waals surface area contributed by atoms with Gasteiger partial charge >= 0.3 is 0 Å². The zero-order valence-electron chi connectivity index (χ0n) is 10.9. The van der Waals surface area contributed by atoms with Crippen molar-refractivity contribution in [2.45, 2.75) is 58.4 Å². The second-order valence-corrected chi connectivity index (χ2v) is 5.08. The lowest BCUT2D eigenvalue weighted by atomic mass is 9.84. The Morgan fingerprint density at radius 2 is 2.29 bits per heavy atom. The summed E-state index contributed by atoms with van der Waals surface area (Å²) in [5.41, 5.74) is 0. The summed E-state index contributed by atoms with van der Waals surface area (Å²) < 4.78 is 5.09. The molecule has 0 bridgehead atoms. The quantitative estimate of drug-likeness (QED) is 0.854. The van der Waals surface area contributed by atoms with Gasteiger partial charge in [-0.05, 0) is 25.7 Å². The van der Waals surface area contributed by atoms with Crippen molar-refractivity contribution in [1.82, 2.24) is 15.5 Å². The largest absolute Gasteiger partial charge is 0.339 e. The molecular formula is C13H23N3O. The van der Waals surface area contributed by atoms with Crippen LogP contribution in [0.5, 0.6) is 0 Å². The first kappa shape index (κ1) is 12.6. The van der Waals surface area contributed by atoms with Gasteiger partial charge in [0.2, 0.25) is 5.89 Å². The van der Waals surface area contributed by atoms with E-state index in [0.717, 1.165) is 30.6 Å². The third kappa shape index (κ3) is 3.80. The highest BCUT2D eigenvalue weighted by Crippen LogP contribution is 2.26. The van der Waals surface area contributed by atoms with Crippen LogP contribution < -0.4 is 5.32 Å². The van der Waals surface area contributed by atoms with Crippen LogP contribution >= 0.6 is 0 Å². The van der Waals surface area contributed by atoms with Gasteiger partial charge in [-0.2, -0.15) is 4.98 Å². The van der Waals surface area contributed by atoms with Gasteiger partial charge in [0.05, 0.1) is 0 Å². The predicted molar refractivity (Wildman–Crippen MR) is 66.8 cm³/mol. The fraction of sp³-hybridized carbons (Fsp3) is 0.846. The summed E-state index contributed by atoms with van der Waals surface area (Å²) in [5, 5.41) is 7.41. The van der Waals surface area contributed by atoms with Crippen molar-refractivity contribution in [3.63, 3.8) is 0 Å². The zero-order chi connectivity index (χ0) is 12.1. The van der Waals surface area contributed by atoms with Crippen LogP contribution in [0.1, 0.15) is 50.7 Å². The Hall–Kier alpha value is -0.900. The molecule has 1 saturated carbocycles. The monoisotopic (exact) mass is 237 g/mol. The van der Waals surface area contributed by atoms with Gasteiger partial charge in [-0.3, -0.25) is 0 Å². The minimum Gasteiger partial charge on any atom is -0.339 e. The van der Waals surface area contributed by atoms with Gasteiger partial charge in [0.15, 0.2) is 5.82 Å². The molecule has 96 valence electrons. The summed E-state index contributed by atoms with van der Waals surface area (Å²) in [6, 6.07) is 0.692. The van der Waals surface area contributed by atoms with E-state index in [4.69, 9.17) is 4.52 Å². The Balaban J connectivity index is 1.68. The van der Waals surface area contributed by atoms with Crippen LogP contribution in [0.3, 0.4) is 0 Å². The summed E-state index contributed by atoms with van der Waals surface area (Å²) in [6.45, 7) is 5.10. The Labute approximate surface area is 103 Å². The van der Waals surface area contributed by atoms with E-state index < -0.39 is 0 Å². The van der Waals surface area contributed by atoms with Crippen LogP contribution in [0.25, 0.3) is 0 Å². The minimum atomic E-state index is 0.692. The Bertz CT molecular complexity index is 337. The van der Waals surface area contributed by atoms with Crippen LogP contribution in [0.4, 0.5) is 0 Å². The molecule has 1 N–H and O–H groups in total. The molecule has 1 fully saturated rings. The van der Waals surface area contributed by atoms with Gasteiger partial charge < -0.3 is 9.84 Å². The summed E-state index contributed by atoms with van der Waals surface area (Å²) in [7, 11) is 0. The molecule has 1 aromatic rings. The second kappa shape index (κ2) is 6.15. The second-order valence-electron chi connectivity index (χ2n) is 5.08. The van der Waals surface area contributed by atoms with Crippen molar-refractivity contribution in [2.24, 2.45) is 5.92 Å². The Morgan fingerprint density at radius 1 is 1.41 bits per heavy atom. The lowest BCUT2D eigenvalue weighted by Crippen LogP contribution is -2.35. The summed E-state index contributed by atoms with van der Waals surface area (Å²) >= 11 is 0. The lowest BCUT2D eigenvalue weighted by molar-refractivity contribution is 0.277. The maximum atomic E-state index is 5.09. The molecule has 0 amide bonds. The number of rotatable bonds is 5. The molecular weight excluding hydrogens is 214 g/mol. The minimum absolute atomic E-state index is 0.692. The van der Waals surface area contributed by atoms with Gasteiger partial charge in [0.1, 0.15) is 0 Å². The molecule has 0 aliphatic heterocycles. The molecule has 0 spiro atoms. The highest BCUT2D eigenvalue weighted by molar-refractivity contribution is 4.84. The number of nitrogens with one attached hydrogen (secondary N) is 1. The first-order valence-corrected chi connectivity index (χ1v) is 6.80. The van der Waals surface area contributed by atoms with E-state index >= 15 is 0 Å². The number of hydrogen-bond acceptors (Lipinski definition) is 4. The van der Waals surface area contributed by atoms with E-state index in [-0.39, 0.29) is 0 Å². The van der Waals surface area contributed by atoms with Crippen LogP contribution in [-0.4, -0.2) is 22.7 Å². The molecule has 2 unspecified atom stereocenters. The zero-order valence-corrected chi connectivity index (χ0v) is 10.9. The smallest absolute Gasteiger partial charge is 0.227 e. The predicted octanol–water partition coefficient (Wildman–Crippen LogP) is 2.48. The highest BCUT2D eigenvalue weighted by atomic mass is 16.5. The topological polar surface area (TPSA) is 51.0 Å². The third-order valence-corrected chi connectivity index (χ3v) is 3.70. The lowest BCUT2D eigenvalue weighted by Gasteiger charge is -2.29. The highest BCUT2D eigenvalue weighted by Gasteiger charge is 2.20. The van der Waals surface area contributed by atoms with E-state index in [0.29, 0.717) is 6.04 Å². The molecule has 1 aromatic heterocycles. The van der Waals surface area contributed by atoms with Gasteiger partial charge in [-0.15, -0.1) is 0 Å². The van der Waals surface area contributed by atoms with Gasteiger partial charge in [0.25, 0.3) is 0 Å². The SMILES string of the molecule is CCC1CCCC(NCCc2nc(C)no2)C1. The molecule has 4 heteroatoms. The van der Waals surface area contributed by atoms with Crippen molar-refractivity contribution in [1.29, 1.82) is 0 Å². The molecule has 4 nitrogen and oxygen atoms in total. The van der Waals surface area contributed by atoms with Crippen LogP contribution in [-0.2, 0) is 6.42 Å². The molecule has 1 aliphatic rings. The van der Waals surface area contributed by atoms with E-state index in [2.05, 4.69) is 22.4 Å². The number of hydrogen-bond donors (Lipinski definition) is 1. The summed E-state index contributed by atoms with van der Waals surface area (Å²) in [6.07, 6.45) is 7.60. The fourth-order valence-electron chi connectivity index (χ4n) is 2.67. The number of aryl methyl sites for hydroxylation is 1. The van der Waals surface area contributed by atoms with Crippen molar-refractivity contribution >= 4 is 0 Å². The average Bonchev–Trinajstić information content (AvgIpc) is 2.75. The molecule has 1 heterocycles. The first-order valence-electron chi connectivity index (χ1n) is 6.80. The van der Waals surface area contributed by atoms with Gasteiger partial charge in [-0.25, -0.2) is 0 Å². The van der Waals surface area contributed by atoms with Crippen LogP contribution in [0.2, 0.25) is 0 Å². The summed E-state index contributed by atoms with van der Waals surface area (Å²) in [4.78, 5) is 4.21. The molecule has 0 aromatic carbocycles. The molecule has 0 radical (unpaired) electrons. The third-order valence-electron chi connectivity index (χ3n) is 3.70. The fourth-order valence-corrected chi connectivity index (χ4v) is 2.67. The van der Waals surface area contributed by atoms with Crippen molar-refractivity contribution < 1.29 is 4.52 Å². The van der Waals surface area contributed by atoms with Crippen LogP contribution in [0, 0.1) is 12.8 Å². The van der Waals surface area contributed by atoms with Crippen molar-refractivity contribution in [3.05, 3.63) is 11.7 Å². The van der Waals surface area contributed by atoms with Crippen LogP contribution in [0.15, 0.2) is 4.52 Å². The first-order chi connectivity index (χ1) is 8.28. The van der Waals surface area contributed by atoms with E-state index in [1.54, 1.807) is 0 Å². The normalized spacial score (nSPS) is 25.1. The van der Waals surface area contributed by atoms with Gasteiger partial charge in [-0.1, -0.05) is 31.3 Å².